The molecule has 33 heavy (non-hydrogen) atoms. The fourth-order valence-corrected chi connectivity index (χ4v) is 5.55. The number of amides is 2. The maximum Gasteiger partial charge on any atom is 0.269 e. The summed E-state index contributed by atoms with van der Waals surface area (Å²) < 4.78 is 6.08. The first kappa shape index (κ1) is 23.5. The summed E-state index contributed by atoms with van der Waals surface area (Å²) in [4.78, 5) is 25.8. The highest BCUT2D eigenvalue weighted by molar-refractivity contribution is 7.80. The van der Waals surface area contributed by atoms with E-state index in [1.54, 1.807) is 37.4 Å². The molecular formula is C24H24ClN3O3S2. The molecule has 1 saturated carbocycles. The monoisotopic (exact) mass is 501 g/mol. The van der Waals surface area contributed by atoms with Crippen molar-refractivity contribution in [1.29, 1.82) is 0 Å². The standard InChI is InChI=1S/C24H24ClN3O3S2/c1-31-17-10-11-18-19(13-17)33-21(20(18)25)23(30)28-24(32)27-16-9-5-6-14(12-16)22(29)26-15-7-3-2-4-8-15/h5-6,9-13,15H,2-4,7-8H2,1H3,(H,26,29)(H2,27,28,30,32). The van der Waals surface area contributed by atoms with Crippen LogP contribution in [0.3, 0.4) is 0 Å². The zero-order chi connectivity index (χ0) is 23.4. The highest BCUT2D eigenvalue weighted by Crippen LogP contribution is 2.37. The lowest BCUT2D eigenvalue weighted by Crippen LogP contribution is -2.36. The van der Waals surface area contributed by atoms with Crippen LogP contribution in [0.25, 0.3) is 10.1 Å². The van der Waals surface area contributed by atoms with Crippen molar-refractivity contribution in [3.63, 3.8) is 0 Å². The molecule has 0 bridgehead atoms. The summed E-state index contributed by atoms with van der Waals surface area (Å²) >= 11 is 13.0. The molecule has 2 amide bonds. The van der Waals surface area contributed by atoms with Crippen LogP contribution in [-0.4, -0.2) is 30.1 Å². The van der Waals surface area contributed by atoms with Gasteiger partial charge in [0.1, 0.15) is 10.6 Å². The number of carbonyl (C=O) groups excluding carboxylic acids is 2. The van der Waals surface area contributed by atoms with Gasteiger partial charge in [-0.25, -0.2) is 0 Å². The van der Waals surface area contributed by atoms with E-state index >= 15 is 0 Å². The SMILES string of the molecule is COc1ccc2c(Cl)c(C(=O)NC(=S)Nc3cccc(C(=O)NC4CCCCC4)c3)sc2c1. The molecule has 4 rings (SSSR count). The number of rotatable bonds is 5. The van der Waals surface area contributed by atoms with Gasteiger partial charge >= 0.3 is 0 Å². The number of hydrogen-bond acceptors (Lipinski definition) is 5. The number of ether oxygens (including phenoxy) is 1. The Bertz CT molecular complexity index is 1200. The van der Waals surface area contributed by atoms with Gasteiger partial charge in [0.2, 0.25) is 0 Å². The predicted molar refractivity (Wildman–Crippen MR) is 138 cm³/mol. The lowest BCUT2D eigenvalue weighted by Gasteiger charge is -2.22. The molecule has 1 aliphatic carbocycles. The molecule has 9 heteroatoms. The van der Waals surface area contributed by atoms with E-state index in [4.69, 9.17) is 28.6 Å². The van der Waals surface area contributed by atoms with E-state index in [9.17, 15) is 9.59 Å². The third kappa shape index (κ3) is 5.63. The topological polar surface area (TPSA) is 79.5 Å². The first-order valence-electron chi connectivity index (χ1n) is 10.7. The van der Waals surface area contributed by atoms with E-state index in [1.165, 1.54) is 17.8 Å². The summed E-state index contributed by atoms with van der Waals surface area (Å²) in [5, 5.41) is 10.0. The van der Waals surface area contributed by atoms with Crippen LogP contribution in [0.4, 0.5) is 5.69 Å². The molecule has 2 aromatic carbocycles. The number of fused-ring (bicyclic) bond motifs is 1. The minimum Gasteiger partial charge on any atom is -0.497 e. The Balaban J connectivity index is 1.40. The summed E-state index contributed by atoms with van der Waals surface area (Å²) in [5.41, 5.74) is 1.16. The summed E-state index contributed by atoms with van der Waals surface area (Å²) in [6.45, 7) is 0. The molecule has 0 unspecified atom stereocenters. The average molecular weight is 502 g/mol. The Morgan fingerprint density at radius 1 is 1.09 bits per heavy atom. The molecule has 1 aromatic heterocycles. The van der Waals surface area contributed by atoms with Crippen LogP contribution in [0.1, 0.15) is 52.1 Å². The first-order valence-corrected chi connectivity index (χ1v) is 12.3. The number of anilines is 1. The van der Waals surface area contributed by atoms with Gasteiger partial charge in [0.25, 0.3) is 11.8 Å². The van der Waals surface area contributed by atoms with Gasteiger partial charge in [-0.05, 0) is 61.5 Å². The molecule has 172 valence electrons. The Morgan fingerprint density at radius 2 is 1.88 bits per heavy atom. The molecular weight excluding hydrogens is 478 g/mol. The number of carbonyl (C=O) groups is 2. The zero-order valence-corrected chi connectivity index (χ0v) is 20.5. The van der Waals surface area contributed by atoms with Crippen LogP contribution < -0.4 is 20.7 Å². The normalized spacial score (nSPS) is 14.0. The van der Waals surface area contributed by atoms with Gasteiger partial charge in [-0.15, -0.1) is 11.3 Å². The number of thiocarbonyl (C=S) groups is 1. The third-order valence-corrected chi connectivity index (χ3v) is 7.45. The fraction of sp³-hybridized carbons (Fsp3) is 0.292. The van der Waals surface area contributed by atoms with Crippen molar-refractivity contribution in [2.75, 3.05) is 12.4 Å². The van der Waals surface area contributed by atoms with Crippen molar-refractivity contribution >= 4 is 67.9 Å². The minimum atomic E-state index is -0.399. The second kappa shape index (κ2) is 10.5. The maximum atomic E-state index is 12.8. The van der Waals surface area contributed by atoms with Crippen molar-refractivity contribution in [3.8, 4) is 5.75 Å². The molecule has 1 fully saturated rings. The lowest BCUT2D eigenvalue weighted by atomic mass is 9.95. The van der Waals surface area contributed by atoms with Gasteiger partial charge in [-0.1, -0.05) is 36.9 Å². The Hall–Kier alpha value is -2.68. The maximum absolute atomic E-state index is 12.8. The second-order valence-electron chi connectivity index (χ2n) is 7.90. The fourth-order valence-electron chi connectivity index (χ4n) is 3.89. The summed E-state index contributed by atoms with van der Waals surface area (Å²) in [5.74, 6) is 0.189. The number of halogens is 1. The van der Waals surface area contributed by atoms with Crippen LogP contribution in [0, 0.1) is 0 Å². The molecule has 0 radical (unpaired) electrons. The van der Waals surface area contributed by atoms with Crippen molar-refractivity contribution in [2.45, 2.75) is 38.1 Å². The van der Waals surface area contributed by atoms with E-state index in [1.807, 2.05) is 12.1 Å². The lowest BCUT2D eigenvalue weighted by molar-refractivity contribution is 0.0926. The predicted octanol–water partition coefficient (Wildman–Crippen LogP) is 5.75. The van der Waals surface area contributed by atoms with Gasteiger partial charge in [0.15, 0.2) is 5.11 Å². The highest BCUT2D eigenvalue weighted by Gasteiger charge is 2.19. The highest BCUT2D eigenvalue weighted by atomic mass is 35.5. The van der Waals surface area contributed by atoms with Crippen LogP contribution in [0.5, 0.6) is 5.75 Å². The Morgan fingerprint density at radius 3 is 2.64 bits per heavy atom. The summed E-state index contributed by atoms with van der Waals surface area (Å²) in [6, 6.07) is 12.7. The molecule has 0 saturated heterocycles. The van der Waals surface area contributed by atoms with Crippen LogP contribution >= 0.6 is 35.2 Å². The van der Waals surface area contributed by atoms with Crippen LogP contribution in [-0.2, 0) is 0 Å². The average Bonchev–Trinajstić information content (AvgIpc) is 3.15. The molecule has 0 atom stereocenters. The molecule has 0 spiro atoms. The Kier molecular flexibility index (Phi) is 7.47. The number of methoxy groups -OCH3 is 1. The number of benzene rings is 2. The van der Waals surface area contributed by atoms with E-state index in [0.29, 0.717) is 26.9 Å². The van der Waals surface area contributed by atoms with Gasteiger partial charge in [0.05, 0.1) is 12.1 Å². The first-order chi connectivity index (χ1) is 15.9. The smallest absolute Gasteiger partial charge is 0.269 e. The van der Waals surface area contributed by atoms with Gasteiger partial charge in [-0.3, -0.25) is 14.9 Å². The molecule has 3 aromatic rings. The molecule has 1 heterocycles. The third-order valence-electron chi connectivity index (χ3n) is 5.59. The van der Waals surface area contributed by atoms with Gasteiger partial charge in [0, 0.05) is 27.4 Å². The molecule has 1 aliphatic rings. The van der Waals surface area contributed by atoms with Gasteiger partial charge < -0.3 is 15.4 Å². The number of nitrogens with one attached hydrogen (secondary N) is 3. The van der Waals surface area contributed by atoms with Gasteiger partial charge in [-0.2, -0.15) is 0 Å². The Labute approximate surface area is 206 Å². The van der Waals surface area contributed by atoms with Crippen LogP contribution in [0.15, 0.2) is 42.5 Å². The second-order valence-corrected chi connectivity index (χ2v) is 9.74. The van der Waals surface area contributed by atoms with E-state index < -0.39 is 5.91 Å². The van der Waals surface area contributed by atoms with Crippen molar-refractivity contribution < 1.29 is 14.3 Å². The van der Waals surface area contributed by atoms with E-state index in [2.05, 4.69) is 16.0 Å². The molecule has 0 aliphatic heterocycles. The summed E-state index contributed by atoms with van der Waals surface area (Å²) in [6.07, 6.45) is 5.57. The van der Waals surface area contributed by atoms with Crippen molar-refractivity contribution in [2.24, 2.45) is 0 Å². The van der Waals surface area contributed by atoms with E-state index in [0.717, 1.165) is 35.8 Å². The number of hydrogen-bond donors (Lipinski definition) is 3. The minimum absolute atomic E-state index is 0.104. The van der Waals surface area contributed by atoms with Crippen molar-refractivity contribution in [3.05, 3.63) is 57.9 Å². The summed E-state index contributed by atoms with van der Waals surface area (Å²) in [7, 11) is 1.59. The quantitative estimate of drug-likeness (QED) is 0.388. The number of thiophene rings is 1. The van der Waals surface area contributed by atoms with Crippen LogP contribution in [0.2, 0.25) is 5.02 Å². The molecule has 3 N–H and O–H groups in total. The largest absolute Gasteiger partial charge is 0.497 e. The van der Waals surface area contributed by atoms with Crippen molar-refractivity contribution in [1.82, 2.24) is 10.6 Å². The molecule has 6 nitrogen and oxygen atoms in total. The zero-order valence-electron chi connectivity index (χ0n) is 18.1. The van der Waals surface area contributed by atoms with E-state index in [-0.39, 0.29) is 17.1 Å².